The standard InChI is InChI=1S/C22H14ClFN2O4/c23-15-9-13(24)4-5-14(15)20(28)21-19(25)18-16(27)7-12(8-17(18)30-21)10-2-1-3-11(6-10)22(26)29/h1-6,8-9H,7,25H2,(H2,26,29). The van der Waals surface area contributed by atoms with Gasteiger partial charge in [-0.2, -0.15) is 0 Å². The molecule has 150 valence electrons. The topological polar surface area (TPSA) is 116 Å². The molecule has 0 bridgehead atoms. The molecule has 4 rings (SSSR count). The maximum Gasteiger partial charge on any atom is 0.248 e. The molecule has 30 heavy (non-hydrogen) atoms. The van der Waals surface area contributed by atoms with Crippen LogP contribution >= 0.6 is 11.6 Å². The van der Waals surface area contributed by atoms with Gasteiger partial charge in [-0.1, -0.05) is 23.7 Å². The number of allylic oxidation sites excluding steroid dienone is 1. The average Bonchev–Trinajstić information content (AvgIpc) is 3.04. The number of nitrogens with two attached hydrogens (primary N) is 2. The van der Waals surface area contributed by atoms with Crippen molar-refractivity contribution in [3.05, 3.63) is 87.1 Å². The molecule has 1 aliphatic rings. The maximum absolute atomic E-state index is 13.3. The van der Waals surface area contributed by atoms with E-state index in [4.69, 9.17) is 27.5 Å². The van der Waals surface area contributed by atoms with Crippen LogP contribution in [0.5, 0.6) is 0 Å². The molecule has 4 N–H and O–H groups in total. The van der Waals surface area contributed by atoms with E-state index < -0.39 is 17.5 Å². The summed E-state index contributed by atoms with van der Waals surface area (Å²) in [5.74, 6) is -2.30. The Kier molecular flexibility index (Phi) is 4.75. The van der Waals surface area contributed by atoms with E-state index in [1.807, 2.05) is 0 Å². The Morgan fingerprint density at radius 3 is 2.60 bits per heavy atom. The Balaban J connectivity index is 1.78. The van der Waals surface area contributed by atoms with Crippen LogP contribution in [0.1, 0.15) is 54.6 Å². The van der Waals surface area contributed by atoms with Crippen LogP contribution < -0.4 is 11.5 Å². The van der Waals surface area contributed by atoms with Crippen LogP contribution in [-0.4, -0.2) is 17.5 Å². The van der Waals surface area contributed by atoms with E-state index >= 15 is 0 Å². The van der Waals surface area contributed by atoms with Gasteiger partial charge in [-0.3, -0.25) is 14.4 Å². The third-order valence-electron chi connectivity index (χ3n) is 4.81. The molecule has 0 aliphatic heterocycles. The van der Waals surface area contributed by atoms with Crippen molar-refractivity contribution in [3.63, 3.8) is 0 Å². The van der Waals surface area contributed by atoms with Crippen LogP contribution in [0.2, 0.25) is 5.02 Å². The van der Waals surface area contributed by atoms with Crippen molar-refractivity contribution >= 4 is 46.4 Å². The number of nitrogen functional groups attached to an aromatic ring is 1. The number of Topliss-reactive ketones (excluding diaryl/α,β-unsaturated/α-hetero) is 1. The summed E-state index contributed by atoms with van der Waals surface area (Å²) in [4.78, 5) is 37.0. The Morgan fingerprint density at radius 2 is 1.90 bits per heavy atom. The molecule has 0 spiro atoms. The molecule has 0 unspecified atom stereocenters. The maximum atomic E-state index is 13.3. The van der Waals surface area contributed by atoms with Gasteiger partial charge in [-0.05, 0) is 47.5 Å². The monoisotopic (exact) mass is 424 g/mol. The number of carbonyl (C=O) groups is 3. The van der Waals surface area contributed by atoms with Crippen LogP contribution in [0, 0.1) is 5.82 Å². The van der Waals surface area contributed by atoms with E-state index in [0.717, 1.165) is 12.1 Å². The predicted molar refractivity (Wildman–Crippen MR) is 110 cm³/mol. The van der Waals surface area contributed by atoms with Crippen molar-refractivity contribution < 1.29 is 23.2 Å². The van der Waals surface area contributed by atoms with Gasteiger partial charge >= 0.3 is 0 Å². The number of amides is 1. The summed E-state index contributed by atoms with van der Waals surface area (Å²) in [6.45, 7) is 0. The van der Waals surface area contributed by atoms with Crippen LogP contribution in [-0.2, 0) is 0 Å². The number of hydrogen-bond donors (Lipinski definition) is 2. The SMILES string of the molecule is NC(=O)c1cccc(C2=Cc3oc(C(=O)c4ccc(F)cc4Cl)c(N)c3C(=O)C2)c1. The second kappa shape index (κ2) is 7.27. The molecular weight excluding hydrogens is 411 g/mol. The Bertz CT molecular complexity index is 1280. The largest absolute Gasteiger partial charge is 0.450 e. The fraction of sp³-hybridized carbons (Fsp3) is 0.0455. The number of halogens is 2. The number of hydrogen-bond acceptors (Lipinski definition) is 5. The van der Waals surface area contributed by atoms with Crippen LogP contribution in [0.15, 0.2) is 46.9 Å². The van der Waals surface area contributed by atoms with Crippen molar-refractivity contribution in [3.8, 4) is 0 Å². The van der Waals surface area contributed by atoms with Gasteiger partial charge in [0.05, 0.1) is 16.3 Å². The van der Waals surface area contributed by atoms with E-state index in [1.165, 1.54) is 6.07 Å². The van der Waals surface area contributed by atoms with E-state index in [-0.39, 0.29) is 45.6 Å². The van der Waals surface area contributed by atoms with Crippen molar-refractivity contribution in [2.24, 2.45) is 5.73 Å². The first-order valence-electron chi connectivity index (χ1n) is 8.82. The molecule has 0 saturated heterocycles. The molecule has 0 fully saturated rings. The van der Waals surface area contributed by atoms with E-state index in [0.29, 0.717) is 16.7 Å². The van der Waals surface area contributed by atoms with E-state index in [1.54, 1.807) is 30.3 Å². The lowest BCUT2D eigenvalue weighted by Crippen LogP contribution is -2.12. The highest BCUT2D eigenvalue weighted by Gasteiger charge is 2.31. The van der Waals surface area contributed by atoms with Crippen molar-refractivity contribution in [2.75, 3.05) is 5.73 Å². The Hall–Kier alpha value is -3.71. The van der Waals surface area contributed by atoms with Gasteiger partial charge in [0.1, 0.15) is 11.6 Å². The molecule has 8 heteroatoms. The molecule has 1 aromatic heterocycles. The predicted octanol–water partition coefficient (Wildman–Crippen LogP) is 4.11. The summed E-state index contributed by atoms with van der Waals surface area (Å²) >= 11 is 5.97. The molecule has 2 aromatic carbocycles. The Morgan fingerprint density at radius 1 is 1.13 bits per heavy atom. The molecule has 3 aromatic rings. The summed E-state index contributed by atoms with van der Waals surface area (Å²) in [5.41, 5.74) is 12.9. The first-order chi connectivity index (χ1) is 14.3. The third-order valence-corrected chi connectivity index (χ3v) is 5.12. The molecular formula is C22H14ClFN2O4. The number of ketones is 2. The molecule has 0 atom stereocenters. The van der Waals surface area contributed by atoms with Crippen LogP contribution in [0.3, 0.4) is 0 Å². The van der Waals surface area contributed by atoms with Crippen molar-refractivity contribution in [1.82, 2.24) is 0 Å². The lowest BCUT2D eigenvalue weighted by Gasteiger charge is -2.13. The molecule has 1 heterocycles. The van der Waals surface area contributed by atoms with Gasteiger partial charge in [-0.15, -0.1) is 0 Å². The number of carbonyl (C=O) groups excluding carboxylic acids is 3. The molecule has 6 nitrogen and oxygen atoms in total. The quantitative estimate of drug-likeness (QED) is 0.611. The van der Waals surface area contributed by atoms with Gasteiger partial charge in [0, 0.05) is 17.5 Å². The smallest absolute Gasteiger partial charge is 0.248 e. The van der Waals surface area contributed by atoms with Gasteiger partial charge in [0.25, 0.3) is 0 Å². The average molecular weight is 425 g/mol. The zero-order valence-corrected chi connectivity index (χ0v) is 16.1. The number of fused-ring (bicyclic) bond motifs is 1. The molecule has 1 amide bonds. The van der Waals surface area contributed by atoms with Gasteiger partial charge in [-0.25, -0.2) is 4.39 Å². The summed E-state index contributed by atoms with van der Waals surface area (Å²) in [6.07, 6.45) is 1.60. The normalized spacial score (nSPS) is 13.0. The van der Waals surface area contributed by atoms with Crippen LogP contribution in [0.4, 0.5) is 10.1 Å². The molecule has 0 radical (unpaired) electrons. The van der Waals surface area contributed by atoms with Gasteiger partial charge < -0.3 is 15.9 Å². The number of anilines is 1. The highest BCUT2D eigenvalue weighted by atomic mass is 35.5. The minimum Gasteiger partial charge on any atom is -0.450 e. The minimum atomic E-state index is -0.662. The number of rotatable bonds is 4. The van der Waals surface area contributed by atoms with E-state index in [9.17, 15) is 18.8 Å². The van der Waals surface area contributed by atoms with Gasteiger partial charge in [0.15, 0.2) is 11.5 Å². The molecule has 0 saturated carbocycles. The fourth-order valence-corrected chi connectivity index (χ4v) is 3.60. The lowest BCUT2D eigenvalue weighted by molar-refractivity contribution is 0.0990. The highest BCUT2D eigenvalue weighted by Crippen LogP contribution is 2.38. The van der Waals surface area contributed by atoms with Crippen molar-refractivity contribution in [1.29, 1.82) is 0 Å². The Labute approximate surface area is 174 Å². The first kappa shape index (κ1) is 19.6. The summed E-state index contributed by atoms with van der Waals surface area (Å²) < 4.78 is 18.9. The number of benzene rings is 2. The zero-order valence-electron chi connectivity index (χ0n) is 15.4. The summed E-state index contributed by atoms with van der Waals surface area (Å²) in [7, 11) is 0. The first-order valence-corrected chi connectivity index (χ1v) is 9.20. The zero-order chi connectivity index (χ0) is 21.6. The number of primary amides is 1. The summed E-state index contributed by atoms with van der Waals surface area (Å²) in [5, 5.41) is -0.0976. The lowest BCUT2D eigenvalue weighted by atomic mass is 9.90. The van der Waals surface area contributed by atoms with Gasteiger partial charge in [0.2, 0.25) is 11.7 Å². The van der Waals surface area contributed by atoms with Crippen molar-refractivity contribution in [2.45, 2.75) is 6.42 Å². The van der Waals surface area contributed by atoms with E-state index in [2.05, 4.69) is 0 Å². The number of furan rings is 1. The minimum absolute atomic E-state index is 0.00155. The fourth-order valence-electron chi connectivity index (χ4n) is 3.34. The molecule has 1 aliphatic carbocycles. The third kappa shape index (κ3) is 3.29. The van der Waals surface area contributed by atoms with Crippen LogP contribution in [0.25, 0.3) is 11.6 Å². The summed E-state index contributed by atoms with van der Waals surface area (Å²) in [6, 6.07) is 9.83. The second-order valence-corrected chi connectivity index (χ2v) is 7.16. The second-order valence-electron chi connectivity index (χ2n) is 6.75. The highest BCUT2D eigenvalue weighted by molar-refractivity contribution is 6.35.